The van der Waals surface area contributed by atoms with Crippen LogP contribution >= 0.6 is 0 Å². The first kappa shape index (κ1) is 27.8. The lowest BCUT2D eigenvalue weighted by Gasteiger charge is -2.33. The van der Waals surface area contributed by atoms with E-state index in [2.05, 4.69) is 39.0 Å². The Labute approximate surface area is 231 Å². The summed E-state index contributed by atoms with van der Waals surface area (Å²) >= 11 is 0. The number of nitrogens with zero attached hydrogens (tertiary/aromatic N) is 4. The standard InChI is InChI=1S/C30H42N4O5/c1-21(35)16-32-14-11-25(12-15-32)38-27-9-8-26-28(31-27)39-30(2,3)20-34(29(26)37)19-24(36)18-33-13-10-22-6-4-5-7-23(22)17-33/h4-9,21,24-25,35-36H,10-20H2,1-3H3/t21?,24-/m1/s1. The highest BCUT2D eigenvalue weighted by Gasteiger charge is 2.36. The van der Waals surface area contributed by atoms with Crippen molar-refractivity contribution >= 4 is 5.91 Å². The largest absolute Gasteiger partial charge is 0.474 e. The Hall–Kier alpha value is -2.72. The predicted molar refractivity (Wildman–Crippen MR) is 148 cm³/mol. The lowest BCUT2D eigenvalue weighted by atomic mass is 9.99. The van der Waals surface area contributed by atoms with Gasteiger partial charge in [-0.2, -0.15) is 4.98 Å². The van der Waals surface area contributed by atoms with Crippen molar-refractivity contribution in [3.63, 3.8) is 0 Å². The predicted octanol–water partition coefficient (Wildman–Crippen LogP) is 2.34. The Morgan fingerprint density at radius 1 is 1.03 bits per heavy atom. The molecule has 1 amide bonds. The van der Waals surface area contributed by atoms with E-state index < -0.39 is 11.7 Å². The molecule has 0 aliphatic carbocycles. The Morgan fingerprint density at radius 2 is 1.77 bits per heavy atom. The number of ether oxygens (including phenoxy) is 2. The zero-order chi connectivity index (χ0) is 27.6. The Kier molecular flexibility index (Phi) is 8.42. The van der Waals surface area contributed by atoms with Crippen LogP contribution < -0.4 is 9.47 Å². The zero-order valence-electron chi connectivity index (χ0n) is 23.4. The van der Waals surface area contributed by atoms with E-state index in [0.29, 0.717) is 31.1 Å². The molecule has 0 saturated carbocycles. The lowest BCUT2D eigenvalue weighted by molar-refractivity contribution is 0.0274. The first-order chi connectivity index (χ1) is 18.6. The van der Waals surface area contributed by atoms with E-state index in [-0.39, 0.29) is 30.5 Å². The maximum Gasteiger partial charge on any atom is 0.259 e. The fourth-order valence-electron chi connectivity index (χ4n) is 5.95. The van der Waals surface area contributed by atoms with Crippen molar-refractivity contribution in [3.8, 4) is 11.8 Å². The summed E-state index contributed by atoms with van der Waals surface area (Å²) in [5.74, 6) is 0.535. The molecule has 4 heterocycles. The third-order valence-electron chi connectivity index (χ3n) is 7.75. The van der Waals surface area contributed by atoms with Gasteiger partial charge in [-0.1, -0.05) is 24.3 Å². The van der Waals surface area contributed by atoms with E-state index in [1.165, 1.54) is 11.1 Å². The smallest absolute Gasteiger partial charge is 0.259 e. The van der Waals surface area contributed by atoms with Crippen molar-refractivity contribution in [1.82, 2.24) is 19.7 Å². The summed E-state index contributed by atoms with van der Waals surface area (Å²) in [6.07, 6.45) is 1.69. The second kappa shape index (κ2) is 11.8. The van der Waals surface area contributed by atoms with Crippen LogP contribution in [-0.4, -0.2) is 106 Å². The van der Waals surface area contributed by atoms with Gasteiger partial charge < -0.3 is 29.5 Å². The molecule has 2 atom stereocenters. The van der Waals surface area contributed by atoms with Crippen LogP contribution in [0, 0.1) is 0 Å². The number of fused-ring (bicyclic) bond motifs is 2. The molecule has 1 fully saturated rings. The summed E-state index contributed by atoms with van der Waals surface area (Å²) in [7, 11) is 0. The van der Waals surface area contributed by atoms with Gasteiger partial charge in [0.2, 0.25) is 11.8 Å². The number of β-amino-alcohol motifs (C(OH)–C–C–N with tert-alkyl or cyclic N) is 2. The summed E-state index contributed by atoms with van der Waals surface area (Å²) in [5.41, 5.74) is 2.39. The number of aliphatic hydroxyl groups is 2. The van der Waals surface area contributed by atoms with Crippen molar-refractivity contribution in [1.29, 1.82) is 0 Å². The number of amides is 1. The molecule has 2 N–H and O–H groups in total. The van der Waals surface area contributed by atoms with Crippen molar-refractivity contribution in [2.75, 3.05) is 45.8 Å². The number of rotatable bonds is 8. The van der Waals surface area contributed by atoms with Gasteiger partial charge in [0.05, 0.1) is 18.8 Å². The molecule has 0 radical (unpaired) electrons. The van der Waals surface area contributed by atoms with Gasteiger partial charge in [0.25, 0.3) is 5.91 Å². The van der Waals surface area contributed by atoms with Gasteiger partial charge in [-0.05, 0) is 57.2 Å². The highest BCUT2D eigenvalue weighted by molar-refractivity contribution is 5.97. The summed E-state index contributed by atoms with van der Waals surface area (Å²) < 4.78 is 12.4. The van der Waals surface area contributed by atoms with Crippen LogP contribution in [0.2, 0.25) is 0 Å². The number of benzene rings is 1. The number of hydrogen-bond acceptors (Lipinski definition) is 8. The molecule has 9 heteroatoms. The molecule has 0 spiro atoms. The second-order valence-electron chi connectivity index (χ2n) is 11.9. The van der Waals surface area contributed by atoms with E-state index in [0.717, 1.165) is 45.4 Å². The van der Waals surface area contributed by atoms with Crippen molar-refractivity contribution in [3.05, 3.63) is 53.1 Å². The molecule has 1 saturated heterocycles. The number of hydrogen-bond donors (Lipinski definition) is 2. The molecule has 212 valence electrons. The second-order valence-corrected chi connectivity index (χ2v) is 11.9. The number of pyridine rings is 1. The molecule has 39 heavy (non-hydrogen) atoms. The molecule has 1 aromatic carbocycles. The van der Waals surface area contributed by atoms with E-state index in [1.807, 2.05) is 13.8 Å². The van der Waals surface area contributed by atoms with Crippen LogP contribution in [0.3, 0.4) is 0 Å². The highest BCUT2D eigenvalue weighted by Crippen LogP contribution is 2.31. The first-order valence-corrected chi connectivity index (χ1v) is 14.2. The van der Waals surface area contributed by atoms with Gasteiger partial charge in [-0.25, -0.2) is 0 Å². The third-order valence-corrected chi connectivity index (χ3v) is 7.75. The van der Waals surface area contributed by atoms with E-state index in [1.54, 1.807) is 24.0 Å². The fraction of sp³-hybridized carbons (Fsp3) is 0.600. The summed E-state index contributed by atoms with van der Waals surface area (Å²) in [6.45, 7) is 10.9. The lowest BCUT2D eigenvalue weighted by Crippen LogP contribution is -2.48. The van der Waals surface area contributed by atoms with Crippen LogP contribution in [0.1, 0.15) is 55.1 Å². The molecule has 2 aromatic rings. The summed E-state index contributed by atoms with van der Waals surface area (Å²) in [5, 5.41) is 20.6. The van der Waals surface area contributed by atoms with Gasteiger partial charge in [0, 0.05) is 51.9 Å². The molecule has 1 aromatic heterocycles. The number of likely N-dealkylation sites (tertiary alicyclic amines) is 1. The molecular weight excluding hydrogens is 496 g/mol. The van der Waals surface area contributed by atoms with Gasteiger partial charge >= 0.3 is 0 Å². The van der Waals surface area contributed by atoms with Crippen LogP contribution in [-0.2, 0) is 13.0 Å². The van der Waals surface area contributed by atoms with Gasteiger partial charge in [-0.3, -0.25) is 9.69 Å². The number of carbonyl (C=O) groups is 1. The van der Waals surface area contributed by atoms with Crippen molar-refractivity contribution < 1.29 is 24.5 Å². The molecule has 3 aliphatic heterocycles. The number of carbonyl (C=O) groups excluding carboxylic acids is 1. The summed E-state index contributed by atoms with van der Waals surface area (Å²) in [4.78, 5) is 24.3. The first-order valence-electron chi connectivity index (χ1n) is 14.2. The topological polar surface area (TPSA) is 98.6 Å². The zero-order valence-corrected chi connectivity index (χ0v) is 23.4. The van der Waals surface area contributed by atoms with Crippen LogP contribution in [0.15, 0.2) is 36.4 Å². The van der Waals surface area contributed by atoms with Crippen LogP contribution in [0.5, 0.6) is 11.8 Å². The number of aliphatic hydroxyl groups excluding tert-OH is 2. The minimum atomic E-state index is -0.678. The third kappa shape index (κ3) is 7.08. The van der Waals surface area contributed by atoms with E-state index >= 15 is 0 Å². The molecule has 9 nitrogen and oxygen atoms in total. The molecular formula is C30H42N4O5. The SMILES string of the molecule is CC(O)CN1CCC(Oc2ccc3c(n2)OC(C)(C)CN(C[C@H](O)CN2CCc4ccccc4C2)C3=O)CC1. The van der Waals surface area contributed by atoms with Crippen LogP contribution in [0.4, 0.5) is 0 Å². The van der Waals surface area contributed by atoms with E-state index in [4.69, 9.17) is 9.47 Å². The maximum absolute atomic E-state index is 13.6. The fourth-order valence-corrected chi connectivity index (χ4v) is 5.95. The Morgan fingerprint density at radius 3 is 2.51 bits per heavy atom. The average molecular weight is 539 g/mol. The van der Waals surface area contributed by atoms with Gasteiger partial charge in [0.15, 0.2) is 0 Å². The summed E-state index contributed by atoms with van der Waals surface area (Å²) in [6, 6.07) is 11.9. The maximum atomic E-state index is 13.6. The van der Waals surface area contributed by atoms with Crippen LogP contribution in [0.25, 0.3) is 0 Å². The Bertz CT molecular complexity index is 1150. The van der Waals surface area contributed by atoms with Crippen molar-refractivity contribution in [2.24, 2.45) is 0 Å². The highest BCUT2D eigenvalue weighted by atomic mass is 16.5. The Balaban J connectivity index is 1.21. The quantitative estimate of drug-likeness (QED) is 0.529. The number of piperidine rings is 1. The normalized spacial score (nSPS) is 21.9. The molecule has 3 aliphatic rings. The molecule has 0 bridgehead atoms. The average Bonchev–Trinajstić information content (AvgIpc) is 2.97. The minimum Gasteiger partial charge on any atom is -0.474 e. The van der Waals surface area contributed by atoms with Gasteiger partial charge in [-0.15, -0.1) is 0 Å². The number of aromatic nitrogens is 1. The molecule has 5 rings (SSSR count). The van der Waals surface area contributed by atoms with E-state index in [9.17, 15) is 15.0 Å². The monoisotopic (exact) mass is 538 g/mol. The molecule has 1 unspecified atom stereocenters. The van der Waals surface area contributed by atoms with Gasteiger partial charge in [0.1, 0.15) is 17.3 Å². The van der Waals surface area contributed by atoms with Crippen molar-refractivity contribution in [2.45, 2.75) is 70.5 Å². The minimum absolute atomic E-state index is 0.0312.